The van der Waals surface area contributed by atoms with Gasteiger partial charge in [-0.3, -0.25) is 0 Å². The van der Waals surface area contributed by atoms with Gasteiger partial charge in [-0.1, -0.05) is 47.7 Å². The first-order valence-corrected chi connectivity index (χ1v) is 8.65. The minimum absolute atomic E-state index is 0.560. The number of ether oxygens (including phenoxy) is 2. The van der Waals surface area contributed by atoms with Crippen molar-refractivity contribution >= 4 is 11.0 Å². The minimum Gasteiger partial charge on any atom is -0.497 e. The Morgan fingerprint density at radius 3 is 2.63 bits per heavy atom. The predicted molar refractivity (Wildman–Crippen MR) is 99.6 cm³/mol. The molecule has 1 aliphatic heterocycles. The van der Waals surface area contributed by atoms with Crippen molar-refractivity contribution in [3.8, 4) is 11.5 Å². The molecule has 1 N–H and O–H groups in total. The Hall–Kier alpha value is -3.38. The van der Waals surface area contributed by atoms with Crippen molar-refractivity contribution in [1.29, 1.82) is 0 Å². The highest BCUT2D eigenvalue weighted by molar-refractivity contribution is 5.74. The topological polar surface area (TPSA) is 69.4 Å². The number of nitrogens with zero attached hydrogens (tertiary/aromatic N) is 3. The largest absolute Gasteiger partial charge is 0.497 e. The van der Waals surface area contributed by atoms with Gasteiger partial charge in [0.1, 0.15) is 17.0 Å². The highest BCUT2D eigenvalue weighted by Gasteiger charge is 2.51. The Kier molecular flexibility index (Phi) is 3.42. The smallest absolute Gasteiger partial charge is 0.230 e. The molecule has 134 valence electrons. The van der Waals surface area contributed by atoms with E-state index in [-0.39, 0.29) is 0 Å². The van der Waals surface area contributed by atoms with E-state index in [0.29, 0.717) is 17.1 Å². The van der Waals surface area contributed by atoms with E-state index in [1.54, 1.807) is 17.9 Å². The van der Waals surface area contributed by atoms with Crippen LogP contribution in [-0.2, 0) is 5.60 Å². The van der Waals surface area contributed by atoms with Crippen molar-refractivity contribution in [2.24, 2.45) is 0 Å². The van der Waals surface area contributed by atoms with Gasteiger partial charge in [-0.2, -0.15) is 0 Å². The molecule has 0 saturated heterocycles. The second kappa shape index (κ2) is 5.82. The summed E-state index contributed by atoms with van der Waals surface area (Å²) < 4.78 is 13.1. The number of rotatable bonds is 3. The molecule has 4 aromatic rings. The quantitative estimate of drug-likeness (QED) is 0.608. The number of aromatic nitrogens is 3. The Bertz CT molecular complexity index is 1130. The maximum absolute atomic E-state index is 11.9. The fourth-order valence-electron chi connectivity index (χ4n) is 3.66. The maximum atomic E-state index is 11.9. The van der Waals surface area contributed by atoms with Gasteiger partial charge in [-0.05, 0) is 29.8 Å². The monoisotopic (exact) mass is 359 g/mol. The van der Waals surface area contributed by atoms with E-state index in [9.17, 15) is 5.11 Å². The number of hydrogen-bond acceptors (Lipinski definition) is 5. The molecule has 0 spiro atoms. The van der Waals surface area contributed by atoms with Crippen LogP contribution in [0.15, 0.2) is 72.8 Å². The molecule has 2 heterocycles. The van der Waals surface area contributed by atoms with Gasteiger partial charge in [0.05, 0.1) is 12.6 Å². The number of para-hydroxylation sites is 1. The molecule has 3 aromatic carbocycles. The molecule has 0 fully saturated rings. The Morgan fingerprint density at radius 1 is 1.04 bits per heavy atom. The second-order valence-corrected chi connectivity index (χ2v) is 6.49. The Labute approximate surface area is 155 Å². The maximum Gasteiger partial charge on any atom is 0.230 e. The van der Waals surface area contributed by atoms with E-state index in [0.717, 1.165) is 16.6 Å². The lowest BCUT2D eigenvalue weighted by atomic mass is 9.86. The zero-order valence-electron chi connectivity index (χ0n) is 14.6. The van der Waals surface area contributed by atoms with Crippen LogP contribution in [0.2, 0.25) is 0 Å². The third kappa shape index (κ3) is 2.23. The lowest BCUT2D eigenvalue weighted by Crippen LogP contribution is -2.37. The van der Waals surface area contributed by atoms with Crippen LogP contribution in [0.4, 0.5) is 0 Å². The van der Waals surface area contributed by atoms with Gasteiger partial charge in [0, 0.05) is 11.6 Å². The first kappa shape index (κ1) is 15.8. The number of fused-ring (bicyclic) bond motifs is 2. The molecule has 1 aliphatic rings. The molecule has 6 nitrogen and oxygen atoms in total. The van der Waals surface area contributed by atoms with Crippen molar-refractivity contribution in [3.05, 3.63) is 83.9 Å². The fourth-order valence-corrected chi connectivity index (χ4v) is 3.66. The summed E-state index contributed by atoms with van der Waals surface area (Å²) in [6.07, 6.45) is -0.797. The van der Waals surface area contributed by atoms with Crippen molar-refractivity contribution in [2.75, 3.05) is 7.11 Å². The van der Waals surface area contributed by atoms with Crippen LogP contribution < -0.4 is 9.47 Å². The van der Waals surface area contributed by atoms with Crippen LogP contribution in [0.1, 0.15) is 17.4 Å². The SMILES string of the molecule is COc1ccc2c(c1)OC(n1nnc3ccccc31)C2(O)c1ccccc1. The van der Waals surface area contributed by atoms with E-state index in [1.807, 2.05) is 66.7 Å². The van der Waals surface area contributed by atoms with Crippen molar-refractivity contribution < 1.29 is 14.6 Å². The van der Waals surface area contributed by atoms with E-state index in [4.69, 9.17) is 9.47 Å². The second-order valence-electron chi connectivity index (χ2n) is 6.49. The summed E-state index contributed by atoms with van der Waals surface area (Å²) in [5.74, 6) is 1.22. The van der Waals surface area contributed by atoms with E-state index >= 15 is 0 Å². The first-order chi connectivity index (χ1) is 13.2. The van der Waals surface area contributed by atoms with Crippen LogP contribution in [0, 0.1) is 0 Å². The Morgan fingerprint density at radius 2 is 1.81 bits per heavy atom. The summed E-state index contributed by atoms with van der Waals surface area (Å²) in [6.45, 7) is 0. The number of hydrogen-bond donors (Lipinski definition) is 1. The normalized spacial score (nSPS) is 21.0. The molecule has 27 heavy (non-hydrogen) atoms. The highest BCUT2D eigenvalue weighted by atomic mass is 16.5. The summed E-state index contributed by atoms with van der Waals surface area (Å²) in [7, 11) is 1.60. The standard InChI is InChI=1S/C21H17N3O3/c1-26-15-11-12-16-19(13-15)27-20(21(16,25)14-7-3-2-4-8-14)24-18-10-6-5-9-17(18)22-23-24/h2-13,20,25H,1H3. The highest BCUT2D eigenvalue weighted by Crippen LogP contribution is 2.51. The van der Waals surface area contributed by atoms with Crippen LogP contribution >= 0.6 is 0 Å². The number of methoxy groups -OCH3 is 1. The zero-order chi connectivity index (χ0) is 18.4. The number of aliphatic hydroxyl groups is 1. The van der Waals surface area contributed by atoms with Crippen LogP contribution in [0.3, 0.4) is 0 Å². The molecule has 6 heteroatoms. The minimum atomic E-state index is -1.42. The molecule has 5 rings (SSSR count). The van der Waals surface area contributed by atoms with Gasteiger partial charge in [-0.25, -0.2) is 4.68 Å². The summed E-state index contributed by atoms with van der Waals surface area (Å²) in [6, 6.07) is 22.5. The average molecular weight is 359 g/mol. The van der Waals surface area contributed by atoms with Crippen molar-refractivity contribution in [2.45, 2.75) is 11.8 Å². The first-order valence-electron chi connectivity index (χ1n) is 8.65. The molecular formula is C21H17N3O3. The lowest BCUT2D eigenvalue weighted by Gasteiger charge is -2.29. The van der Waals surface area contributed by atoms with Crippen LogP contribution in [0.25, 0.3) is 11.0 Å². The molecule has 2 atom stereocenters. The molecule has 0 radical (unpaired) electrons. The predicted octanol–water partition coefficient (Wildman–Crippen LogP) is 3.27. The molecule has 2 unspecified atom stereocenters. The molecule has 0 amide bonds. The summed E-state index contributed by atoms with van der Waals surface area (Å²) in [4.78, 5) is 0. The summed E-state index contributed by atoms with van der Waals surface area (Å²) in [5.41, 5.74) is 1.50. The van der Waals surface area contributed by atoms with Gasteiger partial charge in [0.15, 0.2) is 5.60 Å². The van der Waals surface area contributed by atoms with Gasteiger partial charge in [-0.15, -0.1) is 5.10 Å². The van der Waals surface area contributed by atoms with E-state index < -0.39 is 11.8 Å². The van der Waals surface area contributed by atoms with Crippen molar-refractivity contribution in [1.82, 2.24) is 15.0 Å². The molecule has 0 saturated carbocycles. The third-order valence-corrected chi connectivity index (χ3v) is 5.01. The van der Waals surface area contributed by atoms with Gasteiger partial charge < -0.3 is 14.6 Å². The van der Waals surface area contributed by atoms with Crippen LogP contribution in [-0.4, -0.2) is 27.2 Å². The van der Waals surface area contributed by atoms with Gasteiger partial charge >= 0.3 is 0 Å². The molecule has 1 aromatic heterocycles. The Balaban J connectivity index is 1.75. The van der Waals surface area contributed by atoms with Crippen molar-refractivity contribution in [3.63, 3.8) is 0 Å². The average Bonchev–Trinajstić information content (AvgIpc) is 3.28. The van der Waals surface area contributed by atoms with Gasteiger partial charge in [0.2, 0.25) is 6.23 Å². The third-order valence-electron chi connectivity index (χ3n) is 5.01. The van der Waals surface area contributed by atoms with Gasteiger partial charge in [0.25, 0.3) is 0 Å². The fraction of sp³-hybridized carbons (Fsp3) is 0.143. The molecular weight excluding hydrogens is 342 g/mol. The summed E-state index contributed by atoms with van der Waals surface area (Å²) >= 11 is 0. The molecule has 0 bridgehead atoms. The van der Waals surface area contributed by atoms with E-state index in [2.05, 4.69) is 10.3 Å². The lowest BCUT2D eigenvalue weighted by molar-refractivity contribution is -0.0517. The van der Waals surface area contributed by atoms with Crippen LogP contribution in [0.5, 0.6) is 11.5 Å². The molecule has 0 aliphatic carbocycles. The summed E-state index contributed by atoms with van der Waals surface area (Å²) in [5, 5.41) is 20.4. The zero-order valence-corrected chi connectivity index (χ0v) is 14.6. The number of benzene rings is 3. The van der Waals surface area contributed by atoms with E-state index in [1.165, 1.54) is 0 Å².